The lowest BCUT2D eigenvalue weighted by molar-refractivity contribution is 0.543. The quantitative estimate of drug-likeness (QED) is 0.595. The number of thiocarbonyl (C=S) groups is 1. The van der Waals surface area contributed by atoms with Crippen molar-refractivity contribution in [1.29, 1.82) is 0 Å². The van der Waals surface area contributed by atoms with E-state index in [2.05, 4.69) is 31.4 Å². The summed E-state index contributed by atoms with van der Waals surface area (Å²) in [6, 6.07) is 0.604. The third-order valence-electron chi connectivity index (χ3n) is 1.43. The molecule has 0 saturated heterocycles. The van der Waals surface area contributed by atoms with E-state index in [-0.39, 0.29) is 0 Å². The van der Waals surface area contributed by atoms with E-state index in [0.717, 1.165) is 0 Å². The van der Waals surface area contributed by atoms with E-state index in [9.17, 15) is 0 Å². The van der Waals surface area contributed by atoms with Crippen LogP contribution in [0.4, 0.5) is 0 Å². The van der Waals surface area contributed by atoms with Crippen LogP contribution in [0, 0.1) is 0 Å². The summed E-state index contributed by atoms with van der Waals surface area (Å²) in [6.45, 7) is 4.36. The molecule has 0 aromatic carbocycles. The molecule has 0 bridgehead atoms. The van der Waals surface area contributed by atoms with E-state index in [1.807, 2.05) is 0 Å². The molecular weight excluding hydrogens is 130 g/mol. The van der Waals surface area contributed by atoms with Gasteiger partial charge in [0, 0.05) is 6.04 Å². The van der Waals surface area contributed by atoms with Crippen LogP contribution in [0.2, 0.25) is 0 Å². The van der Waals surface area contributed by atoms with E-state index in [4.69, 9.17) is 0 Å². The average Bonchev–Trinajstić information content (AvgIpc) is 1.88. The Balaban J connectivity index is 3.28. The minimum atomic E-state index is 0.604. The van der Waals surface area contributed by atoms with Crippen LogP contribution >= 0.6 is 12.2 Å². The molecule has 0 spiro atoms. The fourth-order valence-electron chi connectivity index (χ4n) is 0.850. The Kier molecular flexibility index (Phi) is 5.94. The highest BCUT2D eigenvalue weighted by atomic mass is 32.1. The van der Waals surface area contributed by atoms with Crippen molar-refractivity contribution in [2.45, 2.75) is 39.2 Å². The molecule has 1 nitrogen and oxygen atoms in total. The van der Waals surface area contributed by atoms with Crippen LogP contribution in [0.3, 0.4) is 0 Å². The molecule has 0 aliphatic rings. The highest BCUT2D eigenvalue weighted by molar-refractivity contribution is 7.78. The van der Waals surface area contributed by atoms with Crippen molar-refractivity contribution >= 4 is 17.7 Å². The second-order valence-electron chi connectivity index (χ2n) is 2.18. The van der Waals surface area contributed by atoms with E-state index in [0.29, 0.717) is 6.04 Å². The number of hydrogen-bond donors (Lipinski definition) is 1. The van der Waals surface area contributed by atoms with Crippen LogP contribution in [0.15, 0.2) is 0 Å². The minimum Gasteiger partial charge on any atom is -0.379 e. The van der Waals surface area contributed by atoms with Crippen LogP contribution in [-0.4, -0.2) is 11.5 Å². The summed E-state index contributed by atoms with van der Waals surface area (Å²) < 4.78 is 0. The zero-order valence-corrected chi connectivity index (χ0v) is 7.00. The fraction of sp³-hybridized carbons (Fsp3) is 0.857. The van der Waals surface area contributed by atoms with Gasteiger partial charge in [0.05, 0.1) is 5.49 Å². The normalized spacial score (nSPS) is 12.7. The Morgan fingerprint density at radius 3 is 2.56 bits per heavy atom. The Labute approximate surface area is 62.8 Å². The van der Waals surface area contributed by atoms with Gasteiger partial charge >= 0.3 is 0 Å². The maximum absolute atomic E-state index is 4.67. The van der Waals surface area contributed by atoms with Crippen molar-refractivity contribution in [3.63, 3.8) is 0 Å². The third-order valence-corrected chi connectivity index (χ3v) is 1.57. The molecule has 0 amide bonds. The fourth-order valence-corrected chi connectivity index (χ4v) is 1.04. The van der Waals surface area contributed by atoms with Crippen molar-refractivity contribution < 1.29 is 0 Å². The molecule has 54 valence electrons. The molecule has 0 rings (SSSR count). The van der Waals surface area contributed by atoms with Gasteiger partial charge in [0.1, 0.15) is 0 Å². The lowest BCUT2D eigenvalue weighted by Crippen LogP contribution is -2.25. The summed E-state index contributed by atoms with van der Waals surface area (Å²) in [4.78, 5) is 0. The van der Waals surface area contributed by atoms with Gasteiger partial charge in [0.2, 0.25) is 0 Å². The van der Waals surface area contributed by atoms with Crippen molar-refractivity contribution in [3.8, 4) is 0 Å². The standard InChI is InChI=1S/C7H15NS/c1-3-5-7(4-2)8-6-9/h6-7H,3-5H2,1-2H3,(H,8,9). The summed E-state index contributed by atoms with van der Waals surface area (Å²) in [7, 11) is 0. The molecule has 0 aromatic heterocycles. The summed E-state index contributed by atoms with van der Waals surface area (Å²) in [6.07, 6.45) is 3.62. The molecular formula is C7H15NS. The first-order valence-corrected chi connectivity index (χ1v) is 4.02. The lowest BCUT2D eigenvalue weighted by atomic mass is 10.1. The Morgan fingerprint density at radius 2 is 2.22 bits per heavy atom. The zero-order chi connectivity index (χ0) is 7.11. The van der Waals surface area contributed by atoms with Gasteiger partial charge in [-0.1, -0.05) is 32.5 Å². The second-order valence-corrected chi connectivity index (χ2v) is 2.41. The topological polar surface area (TPSA) is 12.0 Å². The van der Waals surface area contributed by atoms with Crippen LogP contribution in [0.5, 0.6) is 0 Å². The summed E-state index contributed by atoms with van der Waals surface area (Å²) in [5.41, 5.74) is 1.61. The molecule has 0 aliphatic carbocycles. The van der Waals surface area contributed by atoms with Crippen LogP contribution < -0.4 is 5.32 Å². The largest absolute Gasteiger partial charge is 0.379 e. The van der Waals surface area contributed by atoms with E-state index < -0.39 is 0 Å². The van der Waals surface area contributed by atoms with Crippen molar-refractivity contribution in [3.05, 3.63) is 0 Å². The number of rotatable bonds is 5. The highest BCUT2D eigenvalue weighted by Gasteiger charge is 1.98. The van der Waals surface area contributed by atoms with Gasteiger partial charge in [-0.2, -0.15) is 0 Å². The monoisotopic (exact) mass is 145 g/mol. The smallest absolute Gasteiger partial charge is 0.0617 e. The molecule has 0 fully saturated rings. The first kappa shape index (κ1) is 8.89. The molecule has 0 aromatic rings. The summed E-state index contributed by atoms with van der Waals surface area (Å²) >= 11 is 4.67. The van der Waals surface area contributed by atoms with Crippen LogP contribution in [0.1, 0.15) is 33.1 Å². The SMILES string of the molecule is CCCC(CC)NC=S. The highest BCUT2D eigenvalue weighted by Crippen LogP contribution is 1.98. The lowest BCUT2D eigenvalue weighted by Gasteiger charge is -2.11. The third kappa shape index (κ3) is 4.40. The molecule has 2 heteroatoms. The molecule has 1 unspecified atom stereocenters. The average molecular weight is 145 g/mol. The van der Waals surface area contributed by atoms with Crippen LogP contribution in [0.25, 0.3) is 0 Å². The van der Waals surface area contributed by atoms with E-state index >= 15 is 0 Å². The predicted molar refractivity (Wildman–Crippen MR) is 45.8 cm³/mol. The van der Waals surface area contributed by atoms with Crippen molar-refractivity contribution in [1.82, 2.24) is 5.32 Å². The molecule has 0 heterocycles. The van der Waals surface area contributed by atoms with Gasteiger partial charge in [-0.3, -0.25) is 0 Å². The maximum atomic E-state index is 4.67. The molecule has 1 atom stereocenters. The number of hydrogen-bond acceptors (Lipinski definition) is 1. The minimum absolute atomic E-state index is 0.604. The van der Waals surface area contributed by atoms with E-state index in [1.165, 1.54) is 19.3 Å². The Bertz CT molecular complexity index is 73.3. The first-order valence-electron chi connectivity index (χ1n) is 3.54. The van der Waals surface area contributed by atoms with Crippen LogP contribution in [-0.2, 0) is 0 Å². The van der Waals surface area contributed by atoms with Crippen molar-refractivity contribution in [2.75, 3.05) is 0 Å². The summed E-state index contributed by atoms with van der Waals surface area (Å²) in [5.74, 6) is 0. The van der Waals surface area contributed by atoms with Gasteiger partial charge in [0.25, 0.3) is 0 Å². The molecule has 0 aliphatic heterocycles. The maximum Gasteiger partial charge on any atom is 0.0617 e. The van der Waals surface area contributed by atoms with Crippen molar-refractivity contribution in [2.24, 2.45) is 0 Å². The Morgan fingerprint density at radius 1 is 1.56 bits per heavy atom. The Hall–Kier alpha value is -0.110. The second kappa shape index (κ2) is 6.02. The van der Waals surface area contributed by atoms with E-state index in [1.54, 1.807) is 5.49 Å². The molecule has 9 heavy (non-hydrogen) atoms. The number of nitrogens with one attached hydrogen (secondary N) is 1. The zero-order valence-electron chi connectivity index (χ0n) is 6.18. The van der Waals surface area contributed by atoms with Gasteiger partial charge < -0.3 is 5.32 Å². The molecule has 0 radical (unpaired) electrons. The van der Waals surface area contributed by atoms with Gasteiger partial charge in [-0.25, -0.2) is 0 Å². The van der Waals surface area contributed by atoms with Gasteiger partial charge in [0.15, 0.2) is 0 Å². The van der Waals surface area contributed by atoms with Gasteiger partial charge in [-0.15, -0.1) is 0 Å². The predicted octanol–water partition coefficient (Wildman–Crippen LogP) is 2.11. The van der Waals surface area contributed by atoms with Gasteiger partial charge in [-0.05, 0) is 12.8 Å². The first-order chi connectivity index (χ1) is 4.35. The molecule has 0 saturated carbocycles. The molecule has 1 N–H and O–H groups in total. The summed E-state index contributed by atoms with van der Waals surface area (Å²) in [5, 5.41) is 3.12.